The highest BCUT2D eigenvalue weighted by atomic mass is 32.1. The topological polar surface area (TPSA) is 78.4 Å². The van der Waals surface area contributed by atoms with E-state index in [9.17, 15) is 9.59 Å². The van der Waals surface area contributed by atoms with Crippen molar-refractivity contribution in [2.45, 2.75) is 25.7 Å². The van der Waals surface area contributed by atoms with Crippen LogP contribution in [0.25, 0.3) is 0 Å². The van der Waals surface area contributed by atoms with E-state index in [1.807, 2.05) is 11.4 Å². The minimum absolute atomic E-state index is 0.0435. The number of aliphatic hydroxyl groups is 1. The first kappa shape index (κ1) is 18.2. The van der Waals surface area contributed by atoms with Gasteiger partial charge in [-0.2, -0.15) is 0 Å². The average Bonchev–Trinajstić information content (AvgIpc) is 3.08. The number of aliphatic hydroxyl groups excluding tert-OH is 1. The second-order valence-electron chi connectivity index (χ2n) is 5.39. The third-order valence-electron chi connectivity index (χ3n) is 3.44. The van der Waals surface area contributed by atoms with Gasteiger partial charge < -0.3 is 15.7 Å². The lowest BCUT2D eigenvalue weighted by molar-refractivity contribution is -0.116. The van der Waals surface area contributed by atoms with Crippen LogP contribution in [-0.2, 0) is 11.2 Å². The van der Waals surface area contributed by atoms with Gasteiger partial charge in [-0.25, -0.2) is 0 Å². The van der Waals surface area contributed by atoms with E-state index in [2.05, 4.69) is 16.7 Å². The molecule has 24 heavy (non-hydrogen) atoms. The van der Waals surface area contributed by atoms with Gasteiger partial charge >= 0.3 is 0 Å². The van der Waals surface area contributed by atoms with Gasteiger partial charge in [0.2, 0.25) is 5.91 Å². The maximum Gasteiger partial charge on any atom is 0.251 e. The number of carbonyl (C=O) groups is 2. The molecule has 0 bridgehead atoms. The van der Waals surface area contributed by atoms with Crippen LogP contribution in [0.15, 0.2) is 41.8 Å². The van der Waals surface area contributed by atoms with Gasteiger partial charge in [0.1, 0.15) is 0 Å². The maximum atomic E-state index is 12.0. The predicted molar refractivity (Wildman–Crippen MR) is 96.4 cm³/mol. The number of nitrogens with one attached hydrogen (secondary N) is 2. The monoisotopic (exact) mass is 346 g/mol. The minimum Gasteiger partial charge on any atom is -0.396 e. The second kappa shape index (κ2) is 9.85. The van der Waals surface area contributed by atoms with Crippen molar-refractivity contribution in [2.75, 3.05) is 18.5 Å². The van der Waals surface area contributed by atoms with E-state index in [-0.39, 0.29) is 18.4 Å². The van der Waals surface area contributed by atoms with E-state index in [4.69, 9.17) is 5.11 Å². The average molecular weight is 346 g/mol. The number of rotatable bonds is 9. The van der Waals surface area contributed by atoms with Crippen LogP contribution >= 0.6 is 11.3 Å². The summed E-state index contributed by atoms with van der Waals surface area (Å²) in [4.78, 5) is 25.2. The number of carbonyl (C=O) groups excluding carboxylic acids is 2. The molecule has 2 rings (SSSR count). The zero-order valence-corrected chi connectivity index (χ0v) is 14.3. The first-order valence-electron chi connectivity index (χ1n) is 8.00. The van der Waals surface area contributed by atoms with Crippen LogP contribution in [0.2, 0.25) is 0 Å². The molecule has 0 saturated heterocycles. The Kier molecular flexibility index (Phi) is 7.45. The molecule has 128 valence electrons. The van der Waals surface area contributed by atoms with E-state index < -0.39 is 0 Å². The van der Waals surface area contributed by atoms with Crippen molar-refractivity contribution in [2.24, 2.45) is 0 Å². The van der Waals surface area contributed by atoms with Crippen LogP contribution in [0.5, 0.6) is 0 Å². The number of anilines is 1. The molecule has 1 heterocycles. The first-order chi connectivity index (χ1) is 11.7. The smallest absolute Gasteiger partial charge is 0.251 e. The van der Waals surface area contributed by atoms with Crippen molar-refractivity contribution in [1.29, 1.82) is 0 Å². The molecule has 5 nitrogen and oxygen atoms in total. The summed E-state index contributed by atoms with van der Waals surface area (Å²) >= 11 is 1.70. The highest BCUT2D eigenvalue weighted by Crippen LogP contribution is 2.14. The standard InChI is InChI=1S/C18H22N2O3S/c21-11-4-10-19-18(23)14-5-1-6-15(13-14)20-17(22)9-2-7-16-8-3-12-24-16/h1,3,5-6,8,12-13,21H,2,4,7,9-11H2,(H,19,23)(H,20,22). The fourth-order valence-corrected chi connectivity index (χ4v) is 2.97. The number of hydrogen-bond donors (Lipinski definition) is 3. The van der Waals surface area contributed by atoms with Crippen LogP contribution in [-0.4, -0.2) is 30.1 Å². The molecule has 0 radical (unpaired) electrons. The SMILES string of the molecule is O=C(CCCc1cccs1)Nc1cccc(C(=O)NCCCO)c1. The molecule has 0 unspecified atom stereocenters. The molecule has 6 heteroatoms. The van der Waals surface area contributed by atoms with Crippen LogP contribution in [0.4, 0.5) is 5.69 Å². The summed E-state index contributed by atoms with van der Waals surface area (Å²) in [5.74, 6) is -0.262. The molecule has 2 amide bonds. The third-order valence-corrected chi connectivity index (χ3v) is 4.37. The maximum absolute atomic E-state index is 12.0. The van der Waals surface area contributed by atoms with E-state index in [1.54, 1.807) is 35.6 Å². The highest BCUT2D eigenvalue weighted by Gasteiger charge is 2.08. The molecule has 1 aromatic carbocycles. The lowest BCUT2D eigenvalue weighted by atomic mass is 10.1. The Hall–Kier alpha value is -2.18. The normalized spacial score (nSPS) is 10.4. The largest absolute Gasteiger partial charge is 0.396 e. The van der Waals surface area contributed by atoms with Crippen molar-refractivity contribution in [3.63, 3.8) is 0 Å². The van der Waals surface area contributed by atoms with Gasteiger partial charge in [0.25, 0.3) is 5.91 Å². The molecule has 3 N–H and O–H groups in total. The van der Waals surface area contributed by atoms with Gasteiger partial charge in [-0.3, -0.25) is 9.59 Å². The minimum atomic E-state index is -0.211. The summed E-state index contributed by atoms with van der Waals surface area (Å²) in [7, 11) is 0. The molecule has 0 aliphatic rings. The van der Waals surface area contributed by atoms with Crippen LogP contribution in [0, 0.1) is 0 Å². The lowest BCUT2D eigenvalue weighted by Crippen LogP contribution is -2.25. The van der Waals surface area contributed by atoms with Crippen LogP contribution < -0.4 is 10.6 Å². The van der Waals surface area contributed by atoms with Gasteiger partial charge in [-0.1, -0.05) is 12.1 Å². The van der Waals surface area contributed by atoms with E-state index in [0.717, 1.165) is 12.8 Å². The van der Waals surface area contributed by atoms with Crippen molar-refractivity contribution < 1.29 is 14.7 Å². The summed E-state index contributed by atoms with van der Waals surface area (Å²) in [6, 6.07) is 10.9. The highest BCUT2D eigenvalue weighted by molar-refractivity contribution is 7.09. The summed E-state index contributed by atoms with van der Waals surface area (Å²) < 4.78 is 0. The predicted octanol–water partition coefficient (Wildman–Crippen LogP) is 2.82. The number of thiophene rings is 1. The Morgan fingerprint density at radius 2 is 2.00 bits per heavy atom. The van der Waals surface area contributed by atoms with Crippen LogP contribution in [0.3, 0.4) is 0 Å². The molecular formula is C18H22N2O3S. The zero-order valence-electron chi connectivity index (χ0n) is 13.5. The third kappa shape index (κ3) is 6.14. The number of aryl methyl sites for hydroxylation is 1. The van der Waals surface area contributed by atoms with Gasteiger partial charge in [0.15, 0.2) is 0 Å². The summed E-state index contributed by atoms with van der Waals surface area (Å²) in [5, 5.41) is 16.3. The van der Waals surface area contributed by atoms with Crippen molar-refractivity contribution >= 4 is 28.8 Å². The lowest BCUT2D eigenvalue weighted by Gasteiger charge is -2.08. The quantitative estimate of drug-likeness (QED) is 0.611. The van der Waals surface area contributed by atoms with Gasteiger partial charge in [0, 0.05) is 35.7 Å². The molecule has 0 aliphatic carbocycles. The van der Waals surface area contributed by atoms with Gasteiger partial charge in [-0.05, 0) is 48.9 Å². The molecule has 0 atom stereocenters. The van der Waals surface area contributed by atoms with E-state index in [1.165, 1.54) is 4.88 Å². The molecule has 1 aromatic heterocycles. The van der Waals surface area contributed by atoms with Crippen molar-refractivity contribution in [3.05, 3.63) is 52.2 Å². The van der Waals surface area contributed by atoms with Crippen molar-refractivity contribution in [1.82, 2.24) is 5.32 Å². The molecule has 2 aromatic rings. The number of benzene rings is 1. The Morgan fingerprint density at radius 1 is 1.12 bits per heavy atom. The molecule has 0 saturated carbocycles. The van der Waals surface area contributed by atoms with Crippen LogP contribution in [0.1, 0.15) is 34.5 Å². The Balaban J connectivity index is 1.80. The Bertz CT molecular complexity index is 656. The van der Waals surface area contributed by atoms with E-state index >= 15 is 0 Å². The Labute approximate surface area is 145 Å². The molecule has 0 spiro atoms. The summed E-state index contributed by atoms with van der Waals surface area (Å²) in [6.07, 6.45) is 2.67. The fraction of sp³-hybridized carbons (Fsp3) is 0.333. The number of hydrogen-bond acceptors (Lipinski definition) is 4. The summed E-state index contributed by atoms with van der Waals surface area (Å²) in [5.41, 5.74) is 1.11. The van der Waals surface area contributed by atoms with Crippen molar-refractivity contribution in [3.8, 4) is 0 Å². The molecular weight excluding hydrogens is 324 g/mol. The molecule has 0 aliphatic heterocycles. The summed E-state index contributed by atoms with van der Waals surface area (Å²) in [6.45, 7) is 0.469. The number of amides is 2. The zero-order chi connectivity index (χ0) is 17.2. The second-order valence-corrected chi connectivity index (χ2v) is 6.43. The van der Waals surface area contributed by atoms with Gasteiger partial charge in [-0.15, -0.1) is 11.3 Å². The Morgan fingerprint density at radius 3 is 2.75 bits per heavy atom. The fourth-order valence-electron chi connectivity index (χ4n) is 2.22. The van der Waals surface area contributed by atoms with E-state index in [0.29, 0.717) is 30.6 Å². The van der Waals surface area contributed by atoms with Gasteiger partial charge in [0.05, 0.1) is 0 Å². The molecule has 0 fully saturated rings. The first-order valence-corrected chi connectivity index (χ1v) is 8.88.